The van der Waals surface area contributed by atoms with Gasteiger partial charge in [0, 0.05) is 4.88 Å². The van der Waals surface area contributed by atoms with Gasteiger partial charge in [-0.25, -0.2) is 10.8 Å². The number of nitrogen functional groups attached to an aromatic ring is 1. The maximum atomic E-state index is 12.0. The van der Waals surface area contributed by atoms with Gasteiger partial charge in [-0.15, -0.1) is 11.3 Å². The first-order chi connectivity index (χ1) is 9.02. The SMILES string of the molecule is Cc1ncn(Cc2ccc(C(=O)NN)s2)c(=O)c1I. The number of nitrogens with one attached hydrogen (secondary N) is 1. The maximum Gasteiger partial charge on any atom is 0.275 e. The molecule has 0 aromatic carbocycles. The third-order valence-corrected chi connectivity index (χ3v) is 4.81. The van der Waals surface area contributed by atoms with Crippen molar-refractivity contribution in [3.63, 3.8) is 0 Å². The summed E-state index contributed by atoms with van der Waals surface area (Å²) in [5.41, 5.74) is 2.72. The van der Waals surface area contributed by atoms with Gasteiger partial charge in [0.15, 0.2) is 0 Å². The molecule has 1 amide bonds. The summed E-state index contributed by atoms with van der Waals surface area (Å²) in [6.07, 6.45) is 1.52. The number of aryl methyl sites for hydroxylation is 1. The van der Waals surface area contributed by atoms with Gasteiger partial charge in [0.1, 0.15) is 0 Å². The highest BCUT2D eigenvalue weighted by Gasteiger charge is 2.10. The van der Waals surface area contributed by atoms with Gasteiger partial charge in [-0.05, 0) is 41.6 Å². The Morgan fingerprint density at radius 2 is 2.32 bits per heavy atom. The number of hydrogen-bond acceptors (Lipinski definition) is 5. The van der Waals surface area contributed by atoms with E-state index >= 15 is 0 Å². The molecule has 0 aliphatic rings. The van der Waals surface area contributed by atoms with E-state index in [9.17, 15) is 9.59 Å². The first-order valence-corrected chi connectivity index (χ1v) is 7.23. The van der Waals surface area contributed by atoms with E-state index in [0.717, 1.165) is 10.6 Å². The fourth-order valence-electron chi connectivity index (χ4n) is 1.48. The molecule has 19 heavy (non-hydrogen) atoms. The molecule has 0 radical (unpaired) electrons. The minimum Gasteiger partial charge on any atom is -0.293 e. The average molecular weight is 390 g/mol. The maximum absolute atomic E-state index is 12.0. The van der Waals surface area contributed by atoms with Gasteiger partial charge < -0.3 is 0 Å². The zero-order valence-corrected chi connectivity index (χ0v) is 13.0. The Morgan fingerprint density at radius 1 is 1.58 bits per heavy atom. The third-order valence-electron chi connectivity index (χ3n) is 2.50. The second kappa shape index (κ2) is 5.80. The van der Waals surface area contributed by atoms with E-state index in [1.165, 1.54) is 22.2 Å². The summed E-state index contributed by atoms with van der Waals surface area (Å²) in [5, 5.41) is 0. The Balaban J connectivity index is 2.27. The summed E-state index contributed by atoms with van der Waals surface area (Å²) in [7, 11) is 0. The molecule has 2 aromatic rings. The first-order valence-electron chi connectivity index (χ1n) is 5.34. The first kappa shape index (κ1) is 14.2. The predicted molar refractivity (Wildman–Crippen MR) is 81.0 cm³/mol. The van der Waals surface area contributed by atoms with Crippen molar-refractivity contribution in [3.8, 4) is 0 Å². The van der Waals surface area contributed by atoms with Crippen molar-refractivity contribution in [2.75, 3.05) is 0 Å². The fraction of sp³-hybridized carbons (Fsp3) is 0.182. The molecular weight excluding hydrogens is 379 g/mol. The van der Waals surface area contributed by atoms with E-state index in [4.69, 9.17) is 5.84 Å². The van der Waals surface area contributed by atoms with E-state index in [0.29, 0.717) is 15.0 Å². The standard InChI is InChI=1S/C11H11IN4O2S/c1-6-9(12)11(18)16(5-14-6)4-7-2-3-8(19-7)10(17)15-13/h2-3,5H,4,13H2,1H3,(H,15,17). The second-order valence-electron chi connectivity index (χ2n) is 3.82. The van der Waals surface area contributed by atoms with Gasteiger partial charge in [0.2, 0.25) is 0 Å². The molecule has 8 heteroatoms. The number of amides is 1. The van der Waals surface area contributed by atoms with Crippen LogP contribution in [0.25, 0.3) is 0 Å². The van der Waals surface area contributed by atoms with Crippen LogP contribution in [0, 0.1) is 10.5 Å². The van der Waals surface area contributed by atoms with Gasteiger partial charge in [-0.2, -0.15) is 0 Å². The number of carbonyl (C=O) groups excluding carboxylic acids is 1. The molecule has 0 bridgehead atoms. The van der Waals surface area contributed by atoms with Crippen LogP contribution in [0.2, 0.25) is 0 Å². The molecule has 6 nitrogen and oxygen atoms in total. The average Bonchev–Trinajstić information content (AvgIpc) is 2.87. The number of aromatic nitrogens is 2. The summed E-state index contributed by atoms with van der Waals surface area (Å²) in [6, 6.07) is 3.48. The largest absolute Gasteiger partial charge is 0.293 e. The number of halogens is 1. The van der Waals surface area contributed by atoms with Crippen LogP contribution >= 0.6 is 33.9 Å². The number of hydrogen-bond donors (Lipinski definition) is 2. The summed E-state index contributed by atoms with van der Waals surface area (Å²) in [6.45, 7) is 2.19. The normalized spacial score (nSPS) is 10.5. The lowest BCUT2D eigenvalue weighted by Crippen LogP contribution is -2.29. The van der Waals surface area contributed by atoms with Crippen LogP contribution in [0.15, 0.2) is 23.3 Å². The van der Waals surface area contributed by atoms with Gasteiger partial charge in [-0.3, -0.25) is 19.6 Å². The van der Waals surface area contributed by atoms with E-state index in [1.807, 2.05) is 22.6 Å². The van der Waals surface area contributed by atoms with Crippen LogP contribution in [0.1, 0.15) is 20.2 Å². The predicted octanol–water partition coefficient (Wildman–Crippen LogP) is 0.870. The highest BCUT2D eigenvalue weighted by atomic mass is 127. The topological polar surface area (TPSA) is 90.0 Å². The highest BCUT2D eigenvalue weighted by Crippen LogP contribution is 2.17. The zero-order chi connectivity index (χ0) is 14.0. The number of nitrogens with zero attached hydrogens (tertiary/aromatic N) is 2. The number of nitrogens with two attached hydrogens (primary N) is 1. The van der Waals surface area contributed by atoms with Crippen molar-refractivity contribution in [2.45, 2.75) is 13.5 Å². The number of rotatable bonds is 3. The van der Waals surface area contributed by atoms with Crippen molar-refractivity contribution in [1.29, 1.82) is 0 Å². The quantitative estimate of drug-likeness (QED) is 0.352. The molecule has 2 aromatic heterocycles. The van der Waals surface area contributed by atoms with Crippen LogP contribution in [0.4, 0.5) is 0 Å². The Kier molecular flexibility index (Phi) is 4.32. The minimum atomic E-state index is -0.333. The molecule has 0 atom stereocenters. The minimum absolute atomic E-state index is 0.0775. The van der Waals surface area contributed by atoms with Crippen LogP contribution in [-0.4, -0.2) is 15.5 Å². The second-order valence-corrected chi connectivity index (χ2v) is 6.06. The van der Waals surface area contributed by atoms with E-state index in [1.54, 1.807) is 19.1 Å². The molecule has 0 saturated carbocycles. The van der Waals surface area contributed by atoms with E-state index in [-0.39, 0.29) is 11.5 Å². The van der Waals surface area contributed by atoms with Crippen molar-refractivity contribution >= 4 is 39.8 Å². The monoisotopic (exact) mass is 390 g/mol. The molecule has 3 N–H and O–H groups in total. The Labute approximate surface area is 126 Å². The molecule has 0 aliphatic carbocycles. The molecule has 0 unspecified atom stereocenters. The van der Waals surface area contributed by atoms with Crippen molar-refractivity contribution in [1.82, 2.24) is 15.0 Å². The fourth-order valence-corrected chi connectivity index (χ4v) is 2.84. The van der Waals surface area contributed by atoms with Crippen LogP contribution in [-0.2, 0) is 6.54 Å². The van der Waals surface area contributed by atoms with Crippen molar-refractivity contribution in [3.05, 3.63) is 47.8 Å². The van der Waals surface area contributed by atoms with Gasteiger partial charge >= 0.3 is 0 Å². The number of thiophene rings is 1. The number of hydrazine groups is 1. The molecule has 0 saturated heterocycles. The molecule has 100 valence electrons. The van der Waals surface area contributed by atoms with Gasteiger partial charge in [-0.1, -0.05) is 0 Å². The van der Waals surface area contributed by atoms with Crippen LogP contribution in [0.5, 0.6) is 0 Å². The lowest BCUT2D eigenvalue weighted by Gasteiger charge is -2.05. The van der Waals surface area contributed by atoms with Gasteiger partial charge in [0.05, 0.1) is 27.0 Å². The summed E-state index contributed by atoms with van der Waals surface area (Å²) < 4.78 is 2.13. The number of carbonyl (C=O) groups is 1. The molecule has 0 aliphatic heterocycles. The Bertz CT molecular complexity index is 680. The summed E-state index contributed by atoms with van der Waals surface area (Å²) >= 11 is 3.28. The van der Waals surface area contributed by atoms with Crippen LogP contribution in [0.3, 0.4) is 0 Å². The zero-order valence-electron chi connectivity index (χ0n) is 10.0. The lowest BCUT2D eigenvalue weighted by atomic mass is 10.4. The highest BCUT2D eigenvalue weighted by molar-refractivity contribution is 14.1. The Hall–Kier alpha value is -1.26. The smallest absolute Gasteiger partial charge is 0.275 e. The van der Waals surface area contributed by atoms with E-state index in [2.05, 4.69) is 10.4 Å². The summed E-state index contributed by atoms with van der Waals surface area (Å²) in [4.78, 5) is 28.9. The summed E-state index contributed by atoms with van der Waals surface area (Å²) in [5.74, 6) is 4.73. The van der Waals surface area contributed by atoms with E-state index < -0.39 is 0 Å². The molecule has 2 rings (SSSR count). The Morgan fingerprint density at radius 3 is 3.00 bits per heavy atom. The van der Waals surface area contributed by atoms with Crippen LogP contribution < -0.4 is 16.8 Å². The van der Waals surface area contributed by atoms with Gasteiger partial charge in [0.25, 0.3) is 11.5 Å². The molecule has 0 spiro atoms. The van der Waals surface area contributed by atoms with Crippen molar-refractivity contribution in [2.24, 2.45) is 5.84 Å². The lowest BCUT2D eigenvalue weighted by molar-refractivity contribution is 0.0957. The molecular formula is C11H11IN4O2S. The third kappa shape index (κ3) is 3.01. The molecule has 0 fully saturated rings. The molecule has 2 heterocycles. The van der Waals surface area contributed by atoms with Crippen molar-refractivity contribution < 1.29 is 4.79 Å².